The molecule has 0 atom stereocenters. The van der Waals surface area contributed by atoms with Crippen LogP contribution in [0.4, 0.5) is 8.78 Å². The molecule has 0 unspecified atom stereocenters. The number of halogens is 2. The fourth-order valence-corrected chi connectivity index (χ4v) is 3.42. The zero-order valence-corrected chi connectivity index (χ0v) is 15.7. The van der Waals surface area contributed by atoms with Gasteiger partial charge in [0.1, 0.15) is 11.6 Å². The molecule has 0 spiro atoms. The summed E-state index contributed by atoms with van der Waals surface area (Å²) in [4.78, 5) is 18.0. The Bertz CT molecular complexity index is 709. The topological polar surface area (TPSA) is 26.8 Å². The van der Waals surface area contributed by atoms with Gasteiger partial charge in [-0.05, 0) is 35.4 Å². The minimum atomic E-state index is -0.274. The van der Waals surface area contributed by atoms with E-state index in [9.17, 15) is 13.6 Å². The van der Waals surface area contributed by atoms with Crippen LogP contribution in [0.15, 0.2) is 48.5 Å². The van der Waals surface area contributed by atoms with E-state index in [4.69, 9.17) is 0 Å². The maximum Gasteiger partial charge on any atom is 0.236 e. The molecular weight excluding hydrogens is 348 g/mol. The van der Waals surface area contributed by atoms with Crippen molar-refractivity contribution in [2.45, 2.75) is 6.04 Å². The third kappa shape index (κ3) is 4.90. The van der Waals surface area contributed by atoms with Crippen LogP contribution in [0, 0.1) is 11.6 Å². The quantitative estimate of drug-likeness (QED) is 0.806. The first-order chi connectivity index (χ1) is 12.9. The average Bonchev–Trinajstić information content (AvgIpc) is 2.66. The standard InChI is InChI=1S/C21H25F2N3O/c1-24(2)20(27)15-25-11-13-26(14-12-25)21(16-3-7-18(22)8-4-16)17-5-9-19(23)10-6-17/h3-10,21H,11-15H2,1-2H3. The van der Waals surface area contributed by atoms with Gasteiger partial charge in [-0.3, -0.25) is 14.6 Å². The molecule has 0 radical (unpaired) electrons. The second kappa shape index (κ2) is 8.59. The van der Waals surface area contributed by atoms with E-state index in [0.29, 0.717) is 6.54 Å². The number of amides is 1. The predicted molar refractivity (Wildman–Crippen MR) is 101 cm³/mol. The van der Waals surface area contributed by atoms with E-state index in [1.807, 2.05) is 0 Å². The largest absolute Gasteiger partial charge is 0.348 e. The van der Waals surface area contributed by atoms with Crippen LogP contribution in [0.5, 0.6) is 0 Å². The highest BCUT2D eigenvalue weighted by molar-refractivity contribution is 5.77. The van der Waals surface area contributed by atoms with Gasteiger partial charge in [0, 0.05) is 40.3 Å². The molecule has 1 saturated heterocycles. The van der Waals surface area contributed by atoms with Gasteiger partial charge in [0.25, 0.3) is 0 Å². The number of nitrogens with zero attached hydrogens (tertiary/aromatic N) is 3. The number of carbonyl (C=O) groups excluding carboxylic acids is 1. The summed E-state index contributed by atoms with van der Waals surface area (Å²) in [7, 11) is 3.52. The van der Waals surface area contributed by atoms with Crippen LogP contribution in [0.3, 0.4) is 0 Å². The first-order valence-corrected chi connectivity index (χ1v) is 9.11. The van der Waals surface area contributed by atoms with Crippen LogP contribution in [0.1, 0.15) is 17.2 Å². The van der Waals surface area contributed by atoms with Crippen LogP contribution in [0.25, 0.3) is 0 Å². The van der Waals surface area contributed by atoms with Gasteiger partial charge in [-0.25, -0.2) is 8.78 Å². The molecule has 0 N–H and O–H groups in total. The second-order valence-electron chi connectivity index (χ2n) is 7.11. The number of piperazine rings is 1. The lowest BCUT2D eigenvalue weighted by atomic mass is 9.96. The van der Waals surface area contributed by atoms with Crippen molar-refractivity contribution in [3.63, 3.8) is 0 Å². The summed E-state index contributed by atoms with van der Waals surface area (Å²) < 4.78 is 26.8. The van der Waals surface area contributed by atoms with Crippen molar-refractivity contribution in [2.24, 2.45) is 0 Å². The Hall–Kier alpha value is -2.31. The molecule has 3 rings (SSSR count). The smallest absolute Gasteiger partial charge is 0.236 e. The minimum Gasteiger partial charge on any atom is -0.348 e. The highest BCUT2D eigenvalue weighted by atomic mass is 19.1. The van der Waals surface area contributed by atoms with E-state index in [2.05, 4.69) is 9.80 Å². The van der Waals surface area contributed by atoms with Gasteiger partial charge in [-0.1, -0.05) is 24.3 Å². The summed E-state index contributed by atoms with van der Waals surface area (Å²) in [5.41, 5.74) is 1.95. The molecule has 144 valence electrons. The molecule has 2 aromatic rings. The van der Waals surface area contributed by atoms with E-state index in [1.165, 1.54) is 24.3 Å². The number of rotatable bonds is 5. The Morgan fingerprint density at radius 3 is 1.74 bits per heavy atom. The Balaban J connectivity index is 1.77. The monoisotopic (exact) mass is 373 g/mol. The summed E-state index contributed by atoms with van der Waals surface area (Å²) in [5, 5.41) is 0. The van der Waals surface area contributed by atoms with Crippen LogP contribution in [-0.4, -0.2) is 67.4 Å². The summed E-state index contributed by atoms with van der Waals surface area (Å²) in [6, 6.07) is 12.9. The van der Waals surface area contributed by atoms with Gasteiger partial charge in [-0.15, -0.1) is 0 Å². The van der Waals surface area contributed by atoms with Crippen molar-refractivity contribution in [3.05, 3.63) is 71.3 Å². The minimum absolute atomic E-state index is 0.0714. The fourth-order valence-electron chi connectivity index (χ4n) is 3.42. The fraction of sp³-hybridized carbons (Fsp3) is 0.381. The van der Waals surface area contributed by atoms with Crippen LogP contribution in [0.2, 0.25) is 0 Å². The molecule has 0 saturated carbocycles. The molecule has 27 heavy (non-hydrogen) atoms. The molecule has 1 aliphatic heterocycles. The lowest BCUT2D eigenvalue weighted by Crippen LogP contribution is -2.50. The first-order valence-electron chi connectivity index (χ1n) is 9.11. The van der Waals surface area contributed by atoms with Gasteiger partial charge in [0.05, 0.1) is 12.6 Å². The summed E-state index contributed by atoms with van der Waals surface area (Å²) in [5.74, 6) is -0.454. The van der Waals surface area contributed by atoms with Crippen LogP contribution >= 0.6 is 0 Å². The molecule has 2 aromatic carbocycles. The molecule has 0 aliphatic carbocycles. The molecular formula is C21H25F2N3O. The first kappa shape index (κ1) is 19.5. The number of carbonyl (C=O) groups is 1. The van der Waals surface area contributed by atoms with Crippen LogP contribution in [-0.2, 0) is 4.79 Å². The van der Waals surface area contributed by atoms with Gasteiger partial charge < -0.3 is 4.90 Å². The van der Waals surface area contributed by atoms with Crippen LogP contribution < -0.4 is 0 Å². The van der Waals surface area contributed by atoms with E-state index in [1.54, 1.807) is 43.3 Å². The van der Waals surface area contributed by atoms with Gasteiger partial charge in [0.15, 0.2) is 0 Å². The Morgan fingerprint density at radius 2 is 1.33 bits per heavy atom. The highest BCUT2D eigenvalue weighted by Gasteiger charge is 2.27. The third-order valence-electron chi connectivity index (χ3n) is 5.00. The molecule has 1 heterocycles. The molecule has 0 bridgehead atoms. The SMILES string of the molecule is CN(C)C(=O)CN1CCN(C(c2ccc(F)cc2)c2ccc(F)cc2)CC1. The normalized spacial score (nSPS) is 15.9. The molecule has 1 aliphatic rings. The van der Waals surface area contributed by atoms with E-state index in [-0.39, 0.29) is 23.6 Å². The summed E-state index contributed by atoms with van der Waals surface area (Å²) >= 11 is 0. The summed E-state index contributed by atoms with van der Waals surface area (Å²) in [6.07, 6.45) is 0. The Morgan fingerprint density at radius 1 is 0.889 bits per heavy atom. The number of benzene rings is 2. The maximum absolute atomic E-state index is 13.4. The van der Waals surface area contributed by atoms with E-state index < -0.39 is 0 Å². The van der Waals surface area contributed by atoms with Crippen molar-refractivity contribution in [2.75, 3.05) is 46.8 Å². The molecule has 1 amide bonds. The van der Waals surface area contributed by atoms with Gasteiger partial charge in [-0.2, -0.15) is 0 Å². The molecule has 6 heteroatoms. The third-order valence-corrected chi connectivity index (χ3v) is 5.00. The zero-order valence-electron chi connectivity index (χ0n) is 15.7. The number of hydrogen-bond donors (Lipinski definition) is 0. The lowest BCUT2D eigenvalue weighted by molar-refractivity contribution is -0.130. The van der Waals surface area contributed by atoms with E-state index in [0.717, 1.165) is 37.3 Å². The maximum atomic E-state index is 13.4. The molecule has 1 fully saturated rings. The van der Waals surface area contributed by atoms with Gasteiger partial charge >= 0.3 is 0 Å². The Kier molecular flexibility index (Phi) is 6.19. The van der Waals surface area contributed by atoms with E-state index >= 15 is 0 Å². The predicted octanol–water partition coefficient (Wildman–Crippen LogP) is 2.76. The highest BCUT2D eigenvalue weighted by Crippen LogP contribution is 2.30. The van der Waals surface area contributed by atoms with Crippen molar-refractivity contribution < 1.29 is 13.6 Å². The number of likely N-dealkylation sites (N-methyl/N-ethyl adjacent to an activating group) is 1. The lowest BCUT2D eigenvalue weighted by Gasteiger charge is -2.39. The average molecular weight is 373 g/mol. The molecule has 4 nitrogen and oxygen atoms in total. The zero-order chi connectivity index (χ0) is 19.4. The Labute approximate surface area is 159 Å². The number of hydrogen-bond acceptors (Lipinski definition) is 3. The van der Waals surface area contributed by atoms with Crippen molar-refractivity contribution >= 4 is 5.91 Å². The van der Waals surface area contributed by atoms with Crippen molar-refractivity contribution in [1.82, 2.24) is 14.7 Å². The summed E-state index contributed by atoms with van der Waals surface area (Å²) in [6.45, 7) is 3.52. The second-order valence-corrected chi connectivity index (χ2v) is 7.11. The molecule has 0 aromatic heterocycles. The van der Waals surface area contributed by atoms with Crippen molar-refractivity contribution in [1.29, 1.82) is 0 Å². The van der Waals surface area contributed by atoms with Gasteiger partial charge in [0.2, 0.25) is 5.91 Å². The van der Waals surface area contributed by atoms with Crippen molar-refractivity contribution in [3.8, 4) is 0 Å².